The maximum absolute atomic E-state index is 5.90. The molecule has 2 atom stereocenters. The number of ether oxygens (including phenoxy) is 1. The van der Waals surface area contributed by atoms with Gasteiger partial charge in [0.15, 0.2) is 0 Å². The van der Waals surface area contributed by atoms with Gasteiger partial charge in [-0.25, -0.2) is 0 Å². The number of hydrogen-bond acceptors (Lipinski definition) is 3. The van der Waals surface area contributed by atoms with Crippen molar-refractivity contribution >= 4 is 11.3 Å². The molecule has 0 radical (unpaired) electrons. The highest BCUT2D eigenvalue weighted by Crippen LogP contribution is 2.34. The van der Waals surface area contributed by atoms with Gasteiger partial charge in [0, 0.05) is 11.5 Å². The van der Waals surface area contributed by atoms with Gasteiger partial charge in [0.1, 0.15) is 0 Å². The largest absolute Gasteiger partial charge is 0.374 e. The van der Waals surface area contributed by atoms with E-state index in [1.807, 2.05) is 7.05 Å². The summed E-state index contributed by atoms with van der Waals surface area (Å²) in [5, 5.41) is 5.48. The average Bonchev–Trinajstić information content (AvgIpc) is 2.72. The lowest BCUT2D eigenvalue weighted by molar-refractivity contribution is -0.0538. The minimum atomic E-state index is -0.117. The Bertz CT molecular complexity index is 273. The van der Waals surface area contributed by atoms with Crippen LogP contribution in [0.4, 0.5) is 0 Å². The topological polar surface area (TPSA) is 21.3 Å². The first-order valence-electron chi connectivity index (χ1n) is 5.52. The van der Waals surface area contributed by atoms with Crippen molar-refractivity contribution in [2.75, 3.05) is 13.7 Å². The molecule has 0 saturated heterocycles. The Balaban J connectivity index is 2.88. The lowest BCUT2D eigenvalue weighted by Gasteiger charge is -2.36. The molecule has 0 bridgehead atoms. The van der Waals surface area contributed by atoms with Gasteiger partial charge in [-0.05, 0) is 38.8 Å². The molecule has 0 aromatic carbocycles. The Morgan fingerprint density at radius 2 is 2.27 bits per heavy atom. The van der Waals surface area contributed by atoms with Crippen molar-refractivity contribution < 1.29 is 4.74 Å². The summed E-state index contributed by atoms with van der Waals surface area (Å²) in [5.41, 5.74) is -0.117. The first kappa shape index (κ1) is 12.7. The summed E-state index contributed by atoms with van der Waals surface area (Å²) in [7, 11) is 2.00. The summed E-state index contributed by atoms with van der Waals surface area (Å²) >= 11 is 1.78. The predicted molar refractivity (Wildman–Crippen MR) is 66.4 cm³/mol. The van der Waals surface area contributed by atoms with Crippen molar-refractivity contribution in [2.24, 2.45) is 0 Å². The fourth-order valence-electron chi connectivity index (χ4n) is 1.92. The molecule has 0 aliphatic carbocycles. The summed E-state index contributed by atoms with van der Waals surface area (Å²) < 4.78 is 5.90. The first-order chi connectivity index (χ1) is 7.18. The second-order valence-electron chi connectivity index (χ2n) is 3.84. The van der Waals surface area contributed by atoms with Gasteiger partial charge in [-0.1, -0.05) is 13.0 Å². The summed E-state index contributed by atoms with van der Waals surface area (Å²) in [5.74, 6) is 0. The van der Waals surface area contributed by atoms with Crippen LogP contribution in [0, 0.1) is 0 Å². The standard InChI is InChI=1S/C12H21NOS/c1-5-12(3,14-6-2)11(13-4)10-8-7-9-15-10/h7-9,11,13H,5-6H2,1-4H3. The summed E-state index contributed by atoms with van der Waals surface area (Å²) in [6.45, 7) is 7.16. The van der Waals surface area contributed by atoms with Gasteiger partial charge in [0.2, 0.25) is 0 Å². The Kier molecular flexibility index (Phi) is 4.77. The maximum Gasteiger partial charge on any atom is 0.0853 e. The highest BCUT2D eigenvalue weighted by molar-refractivity contribution is 7.10. The Morgan fingerprint density at radius 1 is 1.53 bits per heavy atom. The lowest BCUT2D eigenvalue weighted by Crippen LogP contribution is -2.41. The first-order valence-corrected chi connectivity index (χ1v) is 6.40. The van der Waals surface area contributed by atoms with Crippen LogP contribution in [-0.2, 0) is 4.74 Å². The fraction of sp³-hybridized carbons (Fsp3) is 0.667. The molecule has 0 aliphatic heterocycles. The SMILES string of the molecule is CCOC(C)(CC)C(NC)c1cccs1. The maximum atomic E-state index is 5.90. The number of nitrogens with one attached hydrogen (secondary N) is 1. The van der Waals surface area contributed by atoms with Crippen LogP contribution in [0.15, 0.2) is 17.5 Å². The van der Waals surface area contributed by atoms with Crippen LogP contribution in [0.5, 0.6) is 0 Å². The molecule has 0 spiro atoms. The summed E-state index contributed by atoms with van der Waals surface area (Å²) in [6.07, 6.45) is 1.00. The zero-order valence-electron chi connectivity index (χ0n) is 10.0. The smallest absolute Gasteiger partial charge is 0.0853 e. The van der Waals surface area contributed by atoms with Gasteiger partial charge in [-0.2, -0.15) is 0 Å². The highest BCUT2D eigenvalue weighted by Gasteiger charge is 2.33. The molecule has 15 heavy (non-hydrogen) atoms. The fourth-order valence-corrected chi connectivity index (χ4v) is 2.90. The van der Waals surface area contributed by atoms with Crippen LogP contribution in [0.3, 0.4) is 0 Å². The molecule has 2 unspecified atom stereocenters. The summed E-state index contributed by atoms with van der Waals surface area (Å²) in [6, 6.07) is 4.54. The molecule has 2 nitrogen and oxygen atoms in total. The van der Waals surface area contributed by atoms with Crippen LogP contribution < -0.4 is 5.32 Å². The monoisotopic (exact) mass is 227 g/mol. The Morgan fingerprint density at radius 3 is 2.67 bits per heavy atom. The van der Waals surface area contributed by atoms with E-state index in [4.69, 9.17) is 4.74 Å². The zero-order valence-corrected chi connectivity index (χ0v) is 10.9. The second-order valence-corrected chi connectivity index (χ2v) is 4.82. The quantitative estimate of drug-likeness (QED) is 0.805. The van der Waals surface area contributed by atoms with Gasteiger partial charge in [-0.15, -0.1) is 11.3 Å². The van der Waals surface area contributed by atoms with Gasteiger partial charge >= 0.3 is 0 Å². The zero-order chi connectivity index (χ0) is 11.3. The second kappa shape index (κ2) is 5.64. The molecular formula is C12H21NOS. The molecule has 3 heteroatoms. The molecule has 1 aromatic rings. The predicted octanol–water partition coefficient (Wildman–Crippen LogP) is 3.21. The Labute approximate surface area is 96.7 Å². The summed E-state index contributed by atoms with van der Waals surface area (Å²) in [4.78, 5) is 1.34. The van der Waals surface area contributed by atoms with E-state index in [1.165, 1.54) is 4.88 Å². The van der Waals surface area contributed by atoms with Crippen LogP contribution in [0.1, 0.15) is 38.1 Å². The van der Waals surface area contributed by atoms with Crippen LogP contribution in [0.2, 0.25) is 0 Å². The third-order valence-corrected chi connectivity index (χ3v) is 3.84. The minimum absolute atomic E-state index is 0.117. The molecule has 0 amide bonds. The number of likely N-dealkylation sites (N-methyl/N-ethyl adjacent to an activating group) is 1. The van der Waals surface area contributed by atoms with Crippen molar-refractivity contribution in [2.45, 2.75) is 38.8 Å². The van der Waals surface area contributed by atoms with Crippen LogP contribution >= 0.6 is 11.3 Å². The molecular weight excluding hydrogens is 206 g/mol. The van der Waals surface area contributed by atoms with E-state index in [2.05, 4.69) is 43.6 Å². The third-order valence-electron chi connectivity index (χ3n) is 2.90. The molecule has 1 aromatic heterocycles. The van der Waals surface area contributed by atoms with Crippen molar-refractivity contribution in [1.29, 1.82) is 0 Å². The van der Waals surface area contributed by atoms with E-state index < -0.39 is 0 Å². The van der Waals surface area contributed by atoms with Gasteiger partial charge < -0.3 is 10.1 Å². The van der Waals surface area contributed by atoms with Gasteiger partial charge in [0.25, 0.3) is 0 Å². The molecule has 1 heterocycles. The van der Waals surface area contributed by atoms with Crippen LogP contribution in [-0.4, -0.2) is 19.3 Å². The lowest BCUT2D eigenvalue weighted by atomic mass is 9.92. The van der Waals surface area contributed by atoms with E-state index in [0.717, 1.165) is 13.0 Å². The van der Waals surface area contributed by atoms with Gasteiger partial charge in [0.05, 0.1) is 11.6 Å². The van der Waals surface area contributed by atoms with Crippen LogP contribution in [0.25, 0.3) is 0 Å². The minimum Gasteiger partial charge on any atom is -0.374 e. The number of rotatable bonds is 6. The number of thiophene rings is 1. The van der Waals surface area contributed by atoms with E-state index in [1.54, 1.807) is 11.3 Å². The van der Waals surface area contributed by atoms with Crippen molar-refractivity contribution in [1.82, 2.24) is 5.32 Å². The highest BCUT2D eigenvalue weighted by atomic mass is 32.1. The van der Waals surface area contributed by atoms with Gasteiger partial charge in [-0.3, -0.25) is 0 Å². The molecule has 1 rings (SSSR count). The molecule has 1 N–H and O–H groups in total. The van der Waals surface area contributed by atoms with Crippen molar-refractivity contribution in [3.05, 3.63) is 22.4 Å². The molecule has 0 saturated carbocycles. The van der Waals surface area contributed by atoms with E-state index >= 15 is 0 Å². The molecule has 86 valence electrons. The van der Waals surface area contributed by atoms with Crippen molar-refractivity contribution in [3.63, 3.8) is 0 Å². The molecule has 0 aliphatic rings. The van der Waals surface area contributed by atoms with E-state index in [0.29, 0.717) is 0 Å². The van der Waals surface area contributed by atoms with E-state index in [9.17, 15) is 0 Å². The van der Waals surface area contributed by atoms with Crippen molar-refractivity contribution in [3.8, 4) is 0 Å². The average molecular weight is 227 g/mol. The van der Waals surface area contributed by atoms with E-state index in [-0.39, 0.29) is 11.6 Å². The normalized spacial score (nSPS) is 17.3. The Hall–Kier alpha value is -0.380. The third kappa shape index (κ3) is 2.80. The molecule has 0 fully saturated rings. The number of hydrogen-bond donors (Lipinski definition) is 1.